The molecule has 0 aliphatic heterocycles. The summed E-state index contributed by atoms with van der Waals surface area (Å²) in [7, 11) is 0. The third kappa shape index (κ3) is 7.34. The number of halogens is 15. The zero-order chi connectivity index (χ0) is 27.9. The molecule has 0 heterocycles. The molecule has 17 heteroatoms. The summed E-state index contributed by atoms with van der Waals surface area (Å²) in [5, 5.41) is 8.98. The van der Waals surface area contributed by atoms with Crippen LogP contribution in [0.15, 0.2) is 12.1 Å². The van der Waals surface area contributed by atoms with E-state index >= 15 is 0 Å². The first-order valence-corrected chi connectivity index (χ1v) is 14.0. The molecule has 0 bridgehead atoms. The van der Waals surface area contributed by atoms with E-state index < -0.39 is 4.52 Å². The fraction of sp³-hybridized carbons (Fsp3) is 0.0526. The van der Waals surface area contributed by atoms with Gasteiger partial charge in [0.1, 0.15) is 20.1 Å². The monoisotopic (exact) mass is 788 g/mol. The molecule has 1 N–H and O–H groups in total. The van der Waals surface area contributed by atoms with Crippen LogP contribution < -0.4 is 4.74 Å². The fourth-order valence-electron chi connectivity index (χ4n) is 2.21. The highest BCUT2D eigenvalue weighted by Gasteiger charge is 2.28. The Bertz CT molecular complexity index is 1210. The molecule has 0 aromatic heterocycles. The first-order chi connectivity index (χ1) is 16.4. The van der Waals surface area contributed by atoms with Crippen molar-refractivity contribution >= 4 is 174 Å². The van der Waals surface area contributed by atoms with Crippen LogP contribution in [0.5, 0.6) is 11.5 Å². The summed E-state index contributed by atoms with van der Waals surface area (Å²) in [4.78, 5) is 0. The quantitative estimate of drug-likeness (QED) is 0.163. The van der Waals surface area contributed by atoms with E-state index in [1.165, 1.54) is 12.1 Å². The van der Waals surface area contributed by atoms with Gasteiger partial charge < -0.3 is 9.84 Å². The van der Waals surface area contributed by atoms with Crippen LogP contribution in [0, 0.1) is 0 Å². The van der Waals surface area contributed by atoms with Crippen molar-refractivity contribution in [1.82, 2.24) is 0 Å². The Morgan fingerprint density at radius 1 is 0.444 bits per heavy atom. The molecule has 3 rings (SSSR count). The lowest BCUT2D eigenvalue weighted by atomic mass is 10.2. The minimum Gasteiger partial charge on any atom is -0.451 e. The molecule has 0 amide bonds. The van der Waals surface area contributed by atoms with E-state index in [0.29, 0.717) is 0 Å². The molecule has 0 saturated heterocycles. The Labute approximate surface area is 279 Å². The van der Waals surface area contributed by atoms with Crippen LogP contribution in [0.25, 0.3) is 0 Å². The van der Waals surface area contributed by atoms with Crippen molar-refractivity contribution < 1.29 is 9.84 Å². The van der Waals surface area contributed by atoms with Crippen LogP contribution in [-0.4, -0.2) is 5.11 Å². The minimum absolute atomic E-state index is 0.0277. The number of benzene rings is 3. The highest BCUT2D eigenvalue weighted by molar-refractivity contribution is 6.57. The van der Waals surface area contributed by atoms with Gasteiger partial charge in [-0.25, -0.2) is 0 Å². The largest absolute Gasteiger partial charge is 0.451 e. The van der Waals surface area contributed by atoms with Gasteiger partial charge in [-0.3, -0.25) is 0 Å². The number of rotatable bonds is 3. The van der Waals surface area contributed by atoms with Gasteiger partial charge in [-0.2, -0.15) is 0 Å². The van der Waals surface area contributed by atoms with Gasteiger partial charge in [0.05, 0.1) is 45.2 Å². The van der Waals surface area contributed by atoms with Gasteiger partial charge in [0.15, 0.2) is 11.5 Å². The van der Waals surface area contributed by atoms with Crippen LogP contribution in [-0.2, 0) is 4.52 Å². The Kier molecular flexibility index (Phi) is 12.9. The molecular formula is C19H3Cl15O2. The smallest absolute Gasteiger partial charge is 0.243 e. The van der Waals surface area contributed by atoms with Crippen LogP contribution in [0.3, 0.4) is 0 Å². The van der Waals surface area contributed by atoms with Gasteiger partial charge in [-0.05, 0) is 6.07 Å². The molecule has 0 radical (unpaired) electrons. The van der Waals surface area contributed by atoms with E-state index in [0.717, 1.165) is 0 Å². The van der Waals surface area contributed by atoms with E-state index in [1.807, 2.05) is 0 Å². The second-order valence-electron chi connectivity index (χ2n) is 6.16. The van der Waals surface area contributed by atoms with Crippen molar-refractivity contribution in [3.8, 4) is 11.5 Å². The number of hydrogen-bond acceptors (Lipinski definition) is 2. The number of ether oxygens (including phenoxy) is 1. The Hall–Kier alpha value is 1.77. The second-order valence-corrected chi connectivity index (χ2v) is 12.4. The molecule has 0 aliphatic carbocycles. The molecule has 0 unspecified atom stereocenters. The van der Waals surface area contributed by atoms with Gasteiger partial charge in [0, 0.05) is 5.56 Å². The zero-order valence-corrected chi connectivity index (χ0v) is 27.5. The predicted octanol–water partition coefficient (Wildman–Crippen LogP) is 14.2. The molecule has 36 heavy (non-hydrogen) atoms. The lowest BCUT2D eigenvalue weighted by molar-refractivity contribution is 0.218. The fourth-order valence-corrected chi connectivity index (χ4v) is 5.69. The molecule has 3 aromatic carbocycles. The predicted molar refractivity (Wildman–Crippen MR) is 160 cm³/mol. The van der Waals surface area contributed by atoms with Crippen LogP contribution >= 0.6 is 174 Å². The average Bonchev–Trinajstić information content (AvgIpc) is 2.81. The Morgan fingerprint density at radius 2 is 0.750 bits per heavy atom. The third-order valence-corrected chi connectivity index (χ3v) is 10.1. The van der Waals surface area contributed by atoms with Crippen molar-refractivity contribution in [2.24, 2.45) is 0 Å². The van der Waals surface area contributed by atoms with Gasteiger partial charge in [0.2, 0.25) is 4.52 Å². The second kappa shape index (κ2) is 13.6. The summed E-state index contributed by atoms with van der Waals surface area (Å²) in [6.45, 7) is 0. The maximum Gasteiger partial charge on any atom is 0.243 e. The van der Waals surface area contributed by atoms with Gasteiger partial charge in [0.25, 0.3) is 0 Å². The lowest BCUT2D eigenvalue weighted by Gasteiger charge is -2.17. The van der Waals surface area contributed by atoms with Gasteiger partial charge in [-0.1, -0.05) is 180 Å². The van der Waals surface area contributed by atoms with Crippen molar-refractivity contribution in [2.75, 3.05) is 0 Å². The Morgan fingerprint density at radius 3 is 1.06 bits per heavy atom. The third-order valence-electron chi connectivity index (χ3n) is 3.90. The highest BCUT2D eigenvalue weighted by Crippen LogP contribution is 2.54. The molecule has 0 fully saturated rings. The minimum atomic E-state index is -2.06. The van der Waals surface area contributed by atoms with Crippen LogP contribution in [0.2, 0.25) is 65.3 Å². The van der Waals surface area contributed by atoms with E-state index in [-0.39, 0.29) is 82.4 Å². The molecule has 0 saturated carbocycles. The number of alkyl halides is 2. The standard InChI is InChI=1S/C12Cl10O.C7H3Cl5O/c13-1-3(15)7(19)11(8(20)4(1)16)23-12-9(21)5(17)2(14)6(18)10(12)22;8-4-2-1-3(7(11,12)13)5(9)6(4)10/h;1-2,13H. The first kappa shape index (κ1) is 34.0. The van der Waals surface area contributed by atoms with E-state index in [2.05, 4.69) is 0 Å². The van der Waals surface area contributed by atoms with Crippen molar-refractivity contribution in [1.29, 1.82) is 0 Å². The number of aliphatic hydroxyl groups is 1. The molecule has 2 nitrogen and oxygen atoms in total. The molecule has 0 atom stereocenters. The van der Waals surface area contributed by atoms with Crippen LogP contribution in [0.4, 0.5) is 0 Å². The maximum atomic E-state index is 9.23. The van der Waals surface area contributed by atoms with Crippen LogP contribution in [0.1, 0.15) is 5.56 Å². The normalized spacial score (nSPS) is 11.3. The highest BCUT2D eigenvalue weighted by atomic mass is 35.5. The summed E-state index contributed by atoms with van der Waals surface area (Å²) in [5.74, 6) is -0.239. The Balaban J connectivity index is 0.000000297. The topological polar surface area (TPSA) is 29.5 Å². The van der Waals surface area contributed by atoms with Crippen molar-refractivity contribution in [2.45, 2.75) is 4.52 Å². The van der Waals surface area contributed by atoms with Crippen molar-refractivity contribution in [3.05, 3.63) is 83.0 Å². The molecule has 196 valence electrons. The molecule has 3 aromatic rings. The molecule has 0 aliphatic rings. The summed E-state index contributed by atoms with van der Waals surface area (Å²) >= 11 is 87.9. The maximum absolute atomic E-state index is 9.23. The molecule has 0 spiro atoms. The lowest BCUT2D eigenvalue weighted by Crippen LogP contribution is -2.09. The summed E-state index contributed by atoms with van der Waals surface area (Å²) in [6, 6.07) is 2.84. The van der Waals surface area contributed by atoms with Gasteiger partial charge in [-0.15, -0.1) is 0 Å². The van der Waals surface area contributed by atoms with E-state index in [4.69, 9.17) is 179 Å². The van der Waals surface area contributed by atoms with Gasteiger partial charge >= 0.3 is 0 Å². The summed E-state index contributed by atoms with van der Waals surface area (Å²) in [6.07, 6.45) is 0. The average molecular weight is 795 g/mol. The summed E-state index contributed by atoms with van der Waals surface area (Å²) < 4.78 is 3.49. The zero-order valence-electron chi connectivity index (χ0n) is 16.2. The summed E-state index contributed by atoms with van der Waals surface area (Å²) in [5.41, 5.74) is 0.104. The first-order valence-electron chi connectivity index (χ1n) is 8.38. The van der Waals surface area contributed by atoms with E-state index in [9.17, 15) is 5.11 Å². The number of hydrogen-bond donors (Lipinski definition) is 1. The SMILES string of the molecule is Clc1c(Cl)c(Cl)c(Oc2c(Cl)c(Cl)c(Cl)c(Cl)c2Cl)c(Cl)c1Cl.OC(Cl)(Cl)c1ccc(Cl)c(Cl)c1Cl. The van der Waals surface area contributed by atoms with E-state index in [1.54, 1.807) is 0 Å². The molecular weight excluding hydrogens is 792 g/mol. The van der Waals surface area contributed by atoms with Crippen molar-refractivity contribution in [3.63, 3.8) is 0 Å².